The lowest BCUT2D eigenvalue weighted by atomic mass is 9.76. The monoisotopic (exact) mass is 297 g/mol. The highest BCUT2D eigenvalue weighted by Crippen LogP contribution is 2.34. The van der Waals surface area contributed by atoms with Gasteiger partial charge in [-0.05, 0) is 50.7 Å². The van der Waals surface area contributed by atoms with Gasteiger partial charge in [0.15, 0.2) is 0 Å². The Balaban J connectivity index is 1.92. The van der Waals surface area contributed by atoms with Crippen LogP contribution in [0.4, 0.5) is 0 Å². The Kier molecular flexibility index (Phi) is 7.44. The molecule has 2 rings (SSSR count). The smallest absolute Gasteiger partial charge is 0.0558 e. The molecule has 1 aliphatic heterocycles. The van der Waals surface area contributed by atoms with Crippen molar-refractivity contribution in [3.05, 3.63) is 0 Å². The first-order chi connectivity index (χ1) is 10.3. The summed E-state index contributed by atoms with van der Waals surface area (Å²) < 4.78 is 0. The summed E-state index contributed by atoms with van der Waals surface area (Å²) in [6.07, 6.45) is 7.99. The molecular formula is C17H35N3O. The summed E-state index contributed by atoms with van der Waals surface area (Å²) in [5.41, 5.74) is 6.06. The predicted octanol–water partition coefficient (Wildman–Crippen LogP) is 1.53. The molecule has 1 saturated heterocycles. The third-order valence-corrected chi connectivity index (χ3v) is 5.57. The summed E-state index contributed by atoms with van der Waals surface area (Å²) in [5, 5.41) is 9.13. The van der Waals surface area contributed by atoms with E-state index in [1.807, 2.05) is 0 Å². The molecule has 0 aromatic rings. The third-order valence-electron chi connectivity index (χ3n) is 5.57. The van der Waals surface area contributed by atoms with Gasteiger partial charge in [0.25, 0.3) is 0 Å². The van der Waals surface area contributed by atoms with Gasteiger partial charge in [0.1, 0.15) is 0 Å². The Bertz CT molecular complexity index is 287. The lowest BCUT2D eigenvalue weighted by Crippen LogP contribution is -2.48. The molecule has 0 amide bonds. The number of hydrogen-bond donors (Lipinski definition) is 2. The van der Waals surface area contributed by atoms with Crippen LogP contribution in [-0.4, -0.2) is 66.8 Å². The zero-order valence-corrected chi connectivity index (χ0v) is 13.8. The van der Waals surface area contributed by atoms with Crippen molar-refractivity contribution in [2.45, 2.75) is 51.5 Å². The molecule has 2 aliphatic rings. The molecule has 4 heteroatoms. The molecule has 4 nitrogen and oxygen atoms in total. The summed E-state index contributed by atoms with van der Waals surface area (Å²) >= 11 is 0. The van der Waals surface area contributed by atoms with Gasteiger partial charge in [-0.2, -0.15) is 0 Å². The largest absolute Gasteiger partial charge is 0.395 e. The Hall–Kier alpha value is -0.160. The van der Waals surface area contributed by atoms with Crippen LogP contribution in [0.1, 0.15) is 45.4 Å². The van der Waals surface area contributed by atoms with Crippen LogP contribution in [0.15, 0.2) is 0 Å². The minimum atomic E-state index is 0.285. The van der Waals surface area contributed by atoms with Gasteiger partial charge < -0.3 is 10.8 Å². The van der Waals surface area contributed by atoms with Crippen molar-refractivity contribution in [2.24, 2.45) is 17.6 Å². The maximum Gasteiger partial charge on any atom is 0.0558 e. The second-order valence-corrected chi connectivity index (χ2v) is 6.99. The molecule has 1 saturated carbocycles. The summed E-state index contributed by atoms with van der Waals surface area (Å²) in [7, 11) is 0. The van der Waals surface area contributed by atoms with Crippen molar-refractivity contribution >= 4 is 0 Å². The van der Waals surface area contributed by atoms with Crippen LogP contribution in [0, 0.1) is 11.8 Å². The van der Waals surface area contributed by atoms with Crippen LogP contribution >= 0.6 is 0 Å². The number of rotatable bonds is 6. The van der Waals surface area contributed by atoms with Gasteiger partial charge in [-0.1, -0.05) is 26.2 Å². The van der Waals surface area contributed by atoms with Crippen molar-refractivity contribution in [3.63, 3.8) is 0 Å². The fraction of sp³-hybridized carbons (Fsp3) is 1.00. The van der Waals surface area contributed by atoms with E-state index in [4.69, 9.17) is 10.8 Å². The van der Waals surface area contributed by atoms with E-state index >= 15 is 0 Å². The molecule has 1 heterocycles. The summed E-state index contributed by atoms with van der Waals surface area (Å²) in [6, 6.07) is 0.703. The molecule has 21 heavy (non-hydrogen) atoms. The van der Waals surface area contributed by atoms with E-state index in [-0.39, 0.29) is 6.61 Å². The highest BCUT2D eigenvalue weighted by atomic mass is 16.3. The normalized spacial score (nSPS) is 33.0. The SMILES string of the molecule is CCCC1CCC(CN)C(N2CCCN(CCO)CC2)C1. The fourth-order valence-corrected chi connectivity index (χ4v) is 4.37. The van der Waals surface area contributed by atoms with E-state index in [1.54, 1.807) is 0 Å². The van der Waals surface area contributed by atoms with Gasteiger partial charge in [0.2, 0.25) is 0 Å². The number of nitrogens with zero attached hydrogens (tertiary/aromatic N) is 2. The predicted molar refractivity (Wildman–Crippen MR) is 88.3 cm³/mol. The second kappa shape index (κ2) is 9.09. The van der Waals surface area contributed by atoms with E-state index < -0.39 is 0 Å². The summed E-state index contributed by atoms with van der Waals surface area (Å²) in [4.78, 5) is 5.13. The molecular weight excluding hydrogens is 262 g/mol. The lowest BCUT2D eigenvalue weighted by Gasteiger charge is -2.42. The Labute approximate surface area is 130 Å². The van der Waals surface area contributed by atoms with Gasteiger partial charge >= 0.3 is 0 Å². The molecule has 0 aromatic carbocycles. The van der Waals surface area contributed by atoms with Crippen LogP contribution in [0.5, 0.6) is 0 Å². The Morgan fingerprint density at radius 1 is 1.14 bits per heavy atom. The molecule has 0 spiro atoms. The summed E-state index contributed by atoms with van der Waals surface area (Å²) in [5.74, 6) is 1.61. The Morgan fingerprint density at radius 2 is 2.00 bits per heavy atom. The second-order valence-electron chi connectivity index (χ2n) is 6.99. The van der Waals surface area contributed by atoms with Crippen molar-refractivity contribution in [1.29, 1.82) is 0 Å². The molecule has 3 N–H and O–H groups in total. The highest BCUT2D eigenvalue weighted by Gasteiger charge is 2.33. The molecule has 0 bridgehead atoms. The molecule has 0 radical (unpaired) electrons. The highest BCUT2D eigenvalue weighted by molar-refractivity contribution is 4.88. The van der Waals surface area contributed by atoms with Crippen molar-refractivity contribution in [3.8, 4) is 0 Å². The third kappa shape index (κ3) is 4.92. The maximum atomic E-state index is 9.13. The van der Waals surface area contributed by atoms with Gasteiger partial charge in [0, 0.05) is 25.7 Å². The van der Waals surface area contributed by atoms with Crippen LogP contribution < -0.4 is 5.73 Å². The molecule has 2 fully saturated rings. The Morgan fingerprint density at radius 3 is 2.71 bits per heavy atom. The summed E-state index contributed by atoms with van der Waals surface area (Å²) in [6.45, 7) is 8.87. The number of aliphatic hydroxyl groups is 1. The minimum Gasteiger partial charge on any atom is -0.395 e. The fourth-order valence-electron chi connectivity index (χ4n) is 4.37. The van der Waals surface area contributed by atoms with E-state index in [9.17, 15) is 0 Å². The van der Waals surface area contributed by atoms with Gasteiger partial charge in [-0.15, -0.1) is 0 Å². The quantitative estimate of drug-likeness (QED) is 0.781. The molecule has 3 unspecified atom stereocenters. The first-order valence-electron chi connectivity index (χ1n) is 9.05. The van der Waals surface area contributed by atoms with Crippen LogP contribution in [0.3, 0.4) is 0 Å². The number of nitrogens with two attached hydrogens (primary N) is 1. The maximum absolute atomic E-state index is 9.13. The van der Waals surface area contributed by atoms with Crippen LogP contribution in [0.25, 0.3) is 0 Å². The standard InChI is InChI=1S/C17H35N3O/c1-2-4-15-5-6-16(14-18)17(13-15)20-8-3-7-19(9-10-20)11-12-21/h15-17,21H,2-14,18H2,1H3. The van der Waals surface area contributed by atoms with E-state index in [0.29, 0.717) is 12.0 Å². The number of β-amino-alcohol motifs (C(OH)–C–C–N with tert-alkyl or cyclic N) is 1. The molecule has 3 atom stereocenters. The van der Waals surface area contributed by atoms with E-state index in [1.165, 1.54) is 45.1 Å². The average Bonchev–Trinajstić information content (AvgIpc) is 2.73. The van der Waals surface area contributed by atoms with Crippen molar-refractivity contribution < 1.29 is 5.11 Å². The molecule has 124 valence electrons. The zero-order valence-electron chi connectivity index (χ0n) is 13.8. The van der Waals surface area contributed by atoms with E-state index in [0.717, 1.165) is 38.6 Å². The number of hydrogen-bond acceptors (Lipinski definition) is 4. The molecule has 1 aliphatic carbocycles. The average molecular weight is 297 g/mol. The first kappa shape index (κ1) is 17.2. The van der Waals surface area contributed by atoms with Crippen molar-refractivity contribution in [2.75, 3.05) is 45.9 Å². The lowest BCUT2D eigenvalue weighted by molar-refractivity contribution is 0.0809. The molecule has 0 aromatic heterocycles. The van der Waals surface area contributed by atoms with Gasteiger partial charge in [-0.3, -0.25) is 9.80 Å². The zero-order chi connectivity index (χ0) is 15.1. The van der Waals surface area contributed by atoms with Gasteiger partial charge in [-0.25, -0.2) is 0 Å². The van der Waals surface area contributed by atoms with E-state index in [2.05, 4.69) is 16.7 Å². The minimum absolute atomic E-state index is 0.285. The van der Waals surface area contributed by atoms with Crippen LogP contribution in [0.2, 0.25) is 0 Å². The van der Waals surface area contributed by atoms with Crippen molar-refractivity contribution in [1.82, 2.24) is 9.80 Å². The number of aliphatic hydroxyl groups excluding tert-OH is 1. The first-order valence-corrected chi connectivity index (χ1v) is 9.05. The van der Waals surface area contributed by atoms with Crippen LogP contribution in [-0.2, 0) is 0 Å². The van der Waals surface area contributed by atoms with Gasteiger partial charge in [0.05, 0.1) is 6.61 Å². The topological polar surface area (TPSA) is 52.7 Å².